The molecule has 8 rings (SSSR count). The van der Waals surface area contributed by atoms with E-state index in [4.69, 9.17) is 9.97 Å². The van der Waals surface area contributed by atoms with Crippen LogP contribution in [-0.2, 0) is 0 Å². The van der Waals surface area contributed by atoms with Crippen LogP contribution in [0, 0.1) is 0 Å². The summed E-state index contributed by atoms with van der Waals surface area (Å²) in [6.07, 6.45) is 1.87. The summed E-state index contributed by atoms with van der Waals surface area (Å²) in [5, 5.41) is 5.80. The van der Waals surface area contributed by atoms with Crippen molar-refractivity contribution in [3.63, 3.8) is 0 Å². The number of hydrogen-bond donors (Lipinski definition) is 0. The average molecular weight is 461 g/mol. The Balaban J connectivity index is 1.55. The molecule has 0 spiro atoms. The maximum Gasteiger partial charge on any atom is 0.149 e. The first kappa shape index (κ1) is 19.4. The van der Waals surface area contributed by atoms with E-state index in [-0.39, 0.29) is 0 Å². The Kier molecular flexibility index (Phi) is 3.91. The van der Waals surface area contributed by atoms with Crippen molar-refractivity contribution in [1.82, 2.24) is 19.1 Å². The topological polar surface area (TPSA) is 35.6 Å². The van der Waals surface area contributed by atoms with Crippen molar-refractivity contribution >= 4 is 54.8 Å². The lowest BCUT2D eigenvalue weighted by Gasteiger charge is -2.10. The van der Waals surface area contributed by atoms with E-state index in [2.05, 4.69) is 112 Å². The number of rotatable bonds is 2. The van der Waals surface area contributed by atoms with Crippen molar-refractivity contribution in [2.45, 2.75) is 0 Å². The van der Waals surface area contributed by atoms with Crippen LogP contribution in [0.4, 0.5) is 0 Å². The summed E-state index contributed by atoms with van der Waals surface area (Å²) in [5.41, 5.74) is 7.20. The van der Waals surface area contributed by atoms with Crippen LogP contribution in [0.1, 0.15) is 0 Å². The van der Waals surface area contributed by atoms with Gasteiger partial charge in [0.2, 0.25) is 0 Å². The first-order valence-electron chi connectivity index (χ1n) is 12.1. The monoisotopic (exact) mass is 460 g/mol. The fraction of sp³-hybridized carbons (Fsp3) is 0. The summed E-state index contributed by atoms with van der Waals surface area (Å²) in [4.78, 5) is 10.2. The second kappa shape index (κ2) is 7.27. The van der Waals surface area contributed by atoms with Crippen LogP contribution in [0.15, 0.2) is 121 Å². The molecule has 0 saturated carbocycles. The normalized spacial score (nSPS) is 11.9. The van der Waals surface area contributed by atoms with E-state index >= 15 is 0 Å². The van der Waals surface area contributed by atoms with E-state index in [1.165, 1.54) is 16.2 Å². The molecule has 4 nitrogen and oxygen atoms in total. The van der Waals surface area contributed by atoms with Gasteiger partial charge < -0.3 is 0 Å². The lowest BCUT2D eigenvalue weighted by atomic mass is 10.1. The minimum atomic E-state index is 0.909. The molecule has 8 aromatic rings. The van der Waals surface area contributed by atoms with E-state index in [0.29, 0.717) is 0 Å². The third-order valence-electron chi connectivity index (χ3n) is 7.13. The summed E-state index contributed by atoms with van der Waals surface area (Å²) in [5.74, 6) is 0. The summed E-state index contributed by atoms with van der Waals surface area (Å²) < 4.78 is 4.51. The minimum absolute atomic E-state index is 0.909. The predicted octanol–water partition coefficient (Wildman–Crippen LogP) is 7.82. The molecule has 0 atom stereocenters. The van der Waals surface area contributed by atoms with Crippen LogP contribution >= 0.6 is 0 Å². The van der Waals surface area contributed by atoms with Gasteiger partial charge in [0.15, 0.2) is 0 Å². The highest BCUT2D eigenvalue weighted by atomic mass is 15.1. The molecule has 4 heteroatoms. The summed E-state index contributed by atoms with van der Waals surface area (Å²) in [6, 6.07) is 40.5. The molecule has 0 bridgehead atoms. The van der Waals surface area contributed by atoms with Crippen LogP contribution in [0.25, 0.3) is 66.2 Å². The number of aromatic nitrogens is 4. The Morgan fingerprint density at radius 3 is 2.11 bits per heavy atom. The highest BCUT2D eigenvalue weighted by molar-refractivity contribution is 6.15. The second-order valence-corrected chi connectivity index (χ2v) is 9.16. The summed E-state index contributed by atoms with van der Waals surface area (Å²) in [7, 11) is 0. The van der Waals surface area contributed by atoms with Gasteiger partial charge in [-0.2, -0.15) is 0 Å². The van der Waals surface area contributed by atoms with Crippen molar-refractivity contribution in [3.8, 4) is 11.4 Å². The van der Waals surface area contributed by atoms with Crippen molar-refractivity contribution in [3.05, 3.63) is 121 Å². The Morgan fingerprint density at radius 2 is 1.19 bits per heavy atom. The highest BCUT2D eigenvalue weighted by Gasteiger charge is 2.20. The number of nitrogens with zero attached hydrogens (tertiary/aromatic N) is 4. The molecule has 0 unspecified atom stereocenters. The molecule has 0 saturated heterocycles. The van der Waals surface area contributed by atoms with Gasteiger partial charge in [0.05, 0.1) is 16.6 Å². The molecular weight excluding hydrogens is 440 g/mol. The number of para-hydroxylation sites is 2. The molecule has 0 aliphatic carbocycles. The first-order chi connectivity index (χ1) is 17.9. The molecular formula is C32H20N4. The molecule has 0 N–H and O–H groups in total. The van der Waals surface area contributed by atoms with Crippen LogP contribution in [0.2, 0.25) is 0 Å². The Hall–Kier alpha value is -4.96. The molecule has 4 aromatic carbocycles. The van der Waals surface area contributed by atoms with Gasteiger partial charge in [-0.05, 0) is 59.3 Å². The molecule has 0 radical (unpaired) electrons. The van der Waals surface area contributed by atoms with E-state index < -0.39 is 0 Å². The highest BCUT2D eigenvalue weighted by Crippen LogP contribution is 2.37. The molecule has 168 valence electrons. The quantitative estimate of drug-likeness (QED) is 0.264. The van der Waals surface area contributed by atoms with Gasteiger partial charge in [-0.15, -0.1) is 0 Å². The number of hydrogen-bond acceptors (Lipinski definition) is 2. The van der Waals surface area contributed by atoms with E-state index in [1.807, 2.05) is 18.3 Å². The van der Waals surface area contributed by atoms with Gasteiger partial charge >= 0.3 is 0 Å². The lowest BCUT2D eigenvalue weighted by Crippen LogP contribution is -1.98. The van der Waals surface area contributed by atoms with Gasteiger partial charge in [0.1, 0.15) is 11.3 Å². The maximum atomic E-state index is 5.37. The zero-order chi connectivity index (χ0) is 23.6. The van der Waals surface area contributed by atoms with Gasteiger partial charge in [-0.25, -0.2) is 4.98 Å². The Morgan fingerprint density at radius 1 is 0.472 bits per heavy atom. The van der Waals surface area contributed by atoms with Gasteiger partial charge in [0, 0.05) is 33.7 Å². The SMILES string of the molecule is c1ccc(-n2c3ccccc3c3cc4c5ncccc5n(-c5ccc6ccccc6c5)c4nc32)cc1. The maximum absolute atomic E-state index is 5.37. The zero-order valence-electron chi connectivity index (χ0n) is 19.3. The number of pyridine rings is 2. The molecule has 0 amide bonds. The summed E-state index contributed by atoms with van der Waals surface area (Å²) >= 11 is 0. The fourth-order valence-electron chi connectivity index (χ4n) is 5.53. The fourth-order valence-corrected chi connectivity index (χ4v) is 5.53. The predicted molar refractivity (Wildman–Crippen MR) is 148 cm³/mol. The first-order valence-corrected chi connectivity index (χ1v) is 12.1. The zero-order valence-corrected chi connectivity index (χ0v) is 19.3. The standard InChI is InChI=1S/C32H20N4/c1-2-11-23(12-3-1)35-28-14-7-6-13-25(28)26-20-27-30-29(15-8-18-33-30)36(32(27)34-31(26)35)24-17-16-21-9-4-5-10-22(21)19-24/h1-20H. The third kappa shape index (κ3) is 2.64. The number of fused-ring (bicyclic) bond motifs is 7. The Bertz CT molecular complexity index is 2100. The van der Waals surface area contributed by atoms with E-state index in [1.54, 1.807) is 0 Å². The van der Waals surface area contributed by atoms with Crippen LogP contribution in [-0.4, -0.2) is 19.1 Å². The molecule has 0 aliphatic rings. The largest absolute Gasteiger partial charge is 0.294 e. The van der Waals surface area contributed by atoms with Gasteiger partial charge in [-0.3, -0.25) is 14.1 Å². The van der Waals surface area contributed by atoms with Crippen LogP contribution in [0.3, 0.4) is 0 Å². The summed E-state index contributed by atoms with van der Waals surface area (Å²) in [6.45, 7) is 0. The van der Waals surface area contributed by atoms with Gasteiger partial charge in [0.25, 0.3) is 0 Å². The molecule has 0 aliphatic heterocycles. The van der Waals surface area contributed by atoms with Crippen LogP contribution < -0.4 is 0 Å². The molecule has 4 aromatic heterocycles. The third-order valence-corrected chi connectivity index (χ3v) is 7.13. The van der Waals surface area contributed by atoms with Crippen molar-refractivity contribution in [1.29, 1.82) is 0 Å². The lowest BCUT2D eigenvalue weighted by molar-refractivity contribution is 1.11. The smallest absolute Gasteiger partial charge is 0.149 e. The van der Waals surface area contributed by atoms with E-state index in [9.17, 15) is 0 Å². The Labute approximate surface area is 206 Å². The second-order valence-electron chi connectivity index (χ2n) is 9.16. The molecule has 0 fully saturated rings. The van der Waals surface area contributed by atoms with Crippen molar-refractivity contribution in [2.75, 3.05) is 0 Å². The van der Waals surface area contributed by atoms with E-state index in [0.717, 1.165) is 50.0 Å². The minimum Gasteiger partial charge on any atom is -0.294 e. The number of benzene rings is 4. The van der Waals surface area contributed by atoms with Crippen molar-refractivity contribution < 1.29 is 0 Å². The van der Waals surface area contributed by atoms with Crippen LogP contribution in [0.5, 0.6) is 0 Å². The van der Waals surface area contributed by atoms with Crippen molar-refractivity contribution in [2.24, 2.45) is 0 Å². The average Bonchev–Trinajstić information content (AvgIpc) is 3.44. The molecule has 36 heavy (non-hydrogen) atoms. The molecule has 4 heterocycles. The van der Waals surface area contributed by atoms with Gasteiger partial charge in [-0.1, -0.05) is 66.7 Å².